The van der Waals surface area contributed by atoms with Gasteiger partial charge in [0.25, 0.3) is 5.56 Å². The van der Waals surface area contributed by atoms with Crippen molar-refractivity contribution in [1.82, 2.24) is 19.7 Å². The summed E-state index contributed by atoms with van der Waals surface area (Å²) in [5.41, 5.74) is 4.97. The maximum atomic E-state index is 13.0. The van der Waals surface area contributed by atoms with Crippen molar-refractivity contribution in [1.29, 1.82) is 0 Å². The molecule has 4 aromatic rings. The fourth-order valence-corrected chi connectivity index (χ4v) is 4.04. The van der Waals surface area contributed by atoms with Crippen molar-refractivity contribution in [3.8, 4) is 11.4 Å². The van der Waals surface area contributed by atoms with Crippen LogP contribution in [-0.4, -0.2) is 26.4 Å². The largest absolute Gasteiger partial charge is 0.491 e. The Bertz CT molecular complexity index is 1380. The summed E-state index contributed by atoms with van der Waals surface area (Å²) in [5.74, 6) is 0.544. The minimum atomic E-state index is -0.246. The quantitative estimate of drug-likeness (QED) is 0.450. The Morgan fingerprint density at radius 3 is 2.35 bits per heavy atom. The molecule has 176 valence electrons. The molecule has 4 rings (SSSR count). The fraction of sp³-hybridized carbons (Fsp3) is 0.296. The zero-order valence-electron chi connectivity index (χ0n) is 20.3. The first-order valence-corrected chi connectivity index (χ1v) is 11.4. The van der Waals surface area contributed by atoms with Crippen LogP contribution in [0, 0.1) is 20.8 Å². The van der Waals surface area contributed by atoms with Gasteiger partial charge in [0.2, 0.25) is 5.91 Å². The number of carbonyl (C=O) groups is 1. The van der Waals surface area contributed by atoms with Crippen LogP contribution in [0.4, 0.5) is 0 Å². The van der Waals surface area contributed by atoms with Gasteiger partial charge < -0.3 is 10.1 Å². The summed E-state index contributed by atoms with van der Waals surface area (Å²) in [6.45, 7) is 10.1. The van der Waals surface area contributed by atoms with Crippen molar-refractivity contribution in [2.24, 2.45) is 0 Å². The minimum Gasteiger partial charge on any atom is -0.491 e. The molecular formula is C27H30N4O3. The van der Waals surface area contributed by atoms with E-state index in [9.17, 15) is 9.59 Å². The molecule has 0 atom stereocenters. The highest BCUT2D eigenvalue weighted by molar-refractivity contribution is 5.85. The van der Waals surface area contributed by atoms with Crippen molar-refractivity contribution >= 4 is 16.9 Å². The molecule has 0 fully saturated rings. The van der Waals surface area contributed by atoms with Crippen LogP contribution in [0.3, 0.4) is 0 Å². The molecule has 7 nitrogen and oxygen atoms in total. The number of fused-ring (bicyclic) bond motifs is 1. The third kappa shape index (κ3) is 4.88. The van der Waals surface area contributed by atoms with Crippen molar-refractivity contribution in [2.75, 3.05) is 0 Å². The lowest BCUT2D eigenvalue weighted by atomic mass is 10.1. The number of rotatable bonds is 7. The number of hydrogen-bond acceptors (Lipinski definition) is 4. The Hall–Kier alpha value is -3.87. The molecule has 0 aliphatic carbocycles. The number of pyridine rings is 1. The molecule has 2 heterocycles. The number of hydrogen-bond donors (Lipinski definition) is 1. The van der Waals surface area contributed by atoms with Crippen LogP contribution in [0.15, 0.2) is 59.4 Å². The Kier molecular flexibility index (Phi) is 6.54. The molecule has 0 aliphatic rings. The van der Waals surface area contributed by atoms with Crippen molar-refractivity contribution in [3.05, 3.63) is 87.3 Å². The number of nitrogens with one attached hydrogen (secondary N) is 1. The second-order valence-electron chi connectivity index (χ2n) is 8.87. The molecule has 0 radical (unpaired) electrons. The van der Waals surface area contributed by atoms with E-state index in [2.05, 4.69) is 5.32 Å². The van der Waals surface area contributed by atoms with Gasteiger partial charge in [-0.05, 0) is 70.0 Å². The summed E-state index contributed by atoms with van der Waals surface area (Å²) in [6.07, 6.45) is 0.104. The predicted octanol–water partition coefficient (Wildman–Crippen LogP) is 4.22. The number of nitrogens with zero attached hydrogens (tertiary/aromatic N) is 3. The Morgan fingerprint density at radius 1 is 1.03 bits per heavy atom. The highest BCUT2D eigenvalue weighted by Gasteiger charge is 2.18. The first-order chi connectivity index (χ1) is 16.2. The number of amides is 1. The van der Waals surface area contributed by atoms with Gasteiger partial charge in [-0.25, -0.2) is 4.68 Å². The molecule has 0 spiro atoms. The topological polar surface area (TPSA) is 78.2 Å². The Morgan fingerprint density at radius 2 is 1.71 bits per heavy atom. The molecule has 0 saturated heterocycles. The summed E-state index contributed by atoms with van der Waals surface area (Å²) < 4.78 is 8.91. The van der Waals surface area contributed by atoms with Crippen molar-refractivity contribution in [2.45, 2.75) is 53.8 Å². The number of benzene rings is 2. The highest BCUT2D eigenvalue weighted by atomic mass is 16.5. The second kappa shape index (κ2) is 9.55. The third-order valence-corrected chi connectivity index (χ3v) is 5.66. The predicted molar refractivity (Wildman–Crippen MR) is 134 cm³/mol. The highest BCUT2D eigenvalue weighted by Crippen LogP contribution is 2.24. The lowest BCUT2D eigenvalue weighted by molar-refractivity contribution is -0.121. The molecule has 0 saturated carbocycles. The van der Waals surface area contributed by atoms with Gasteiger partial charge in [0, 0.05) is 18.0 Å². The zero-order chi connectivity index (χ0) is 24.4. The van der Waals surface area contributed by atoms with E-state index in [1.54, 1.807) is 10.7 Å². The van der Waals surface area contributed by atoms with Gasteiger partial charge in [-0.2, -0.15) is 5.10 Å². The number of ether oxygens (including phenoxy) is 1. The summed E-state index contributed by atoms with van der Waals surface area (Å²) in [7, 11) is 0. The summed E-state index contributed by atoms with van der Waals surface area (Å²) >= 11 is 0. The van der Waals surface area contributed by atoms with E-state index < -0.39 is 0 Å². The van der Waals surface area contributed by atoms with Crippen LogP contribution in [0.5, 0.6) is 5.75 Å². The summed E-state index contributed by atoms with van der Waals surface area (Å²) in [5, 5.41) is 8.50. The average molecular weight is 459 g/mol. The number of aryl methyl sites for hydroxylation is 3. The summed E-state index contributed by atoms with van der Waals surface area (Å²) in [4.78, 5) is 25.8. The van der Waals surface area contributed by atoms with E-state index in [1.807, 2.05) is 83.1 Å². The van der Waals surface area contributed by atoms with Gasteiger partial charge in [0.15, 0.2) is 0 Å². The lowest BCUT2D eigenvalue weighted by Gasteiger charge is -2.13. The van der Waals surface area contributed by atoms with Crippen LogP contribution in [-0.2, 0) is 17.9 Å². The molecule has 0 bridgehead atoms. The standard InChI is InChI=1S/C27H30N4O3/c1-17(2)34-23-12-8-21(9-13-23)15-28-24(32)16-30-25(33)14-19(4)26-20(5)29-31(27(26)30)22-10-6-18(3)7-11-22/h6-14,17H,15-16H2,1-5H3,(H,28,32). The third-order valence-electron chi connectivity index (χ3n) is 5.66. The number of carbonyl (C=O) groups excluding carboxylic acids is 1. The van der Waals surface area contributed by atoms with Crippen LogP contribution in [0.25, 0.3) is 16.7 Å². The maximum absolute atomic E-state index is 13.0. The molecular weight excluding hydrogens is 428 g/mol. The molecule has 1 N–H and O–H groups in total. The van der Waals surface area contributed by atoms with Gasteiger partial charge in [0.1, 0.15) is 17.9 Å². The van der Waals surface area contributed by atoms with E-state index in [0.717, 1.165) is 39.2 Å². The van der Waals surface area contributed by atoms with Gasteiger partial charge in [-0.3, -0.25) is 14.2 Å². The number of aromatic nitrogens is 3. The minimum absolute atomic E-state index is 0.0961. The normalized spacial score (nSPS) is 11.2. The maximum Gasteiger partial charge on any atom is 0.252 e. The first-order valence-electron chi connectivity index (χ1n) is 11.4. The fourth-order valence-electron chi connectivity index (χ4n) is 4.04. The smallest absolute Gasteiger partial charge is 0.252 e. The molecule has 0 aliphatic heterocycles. The molecule has 1 amide bonds. The molecule has 7 heteroatoms. The zero-order valence-corrected chi connectivity index (χ0v) is 20.3. The average Bonchev–Trinajstić information content (AvgIpc) is 3.14. The van der Waals surface area contributed by atoms with E-state index in [-0.39, 0.29) is 24.1 Å². The van der Waals surface area contributed by atoms with Gasteiger partial charge in [-0.15, -0.1) is 0 Å². The first kappa shape index (κ1) is 23.3. The van der Waals surface area contributed by atoms with Crippen LogP contribution in [0.1, 0.15) is 36.2 Å². The summed E-state index contributed by atoms with van der Waals surface area (Å²) in [6, 6.07) is 17.1. The molecule has 0 unspecified atom stereocenters. The van der Waals surface area contributed by atoms with Gasteiger partial charge in [-0.1, -0.05) is 29.8 Å². The Labute approximate surface area is 199 Å². The van der Waals surface area contributed by atoms with Crippen LogP contribution < -0.4 is 15.6 Å². The second-order valence-corrected chi connectivity index (χ2v) is 8.87. The van der Waals surface area contributed by atoms with Gasteiger partial charge in [0.05, 0.1) is 17.5 Å². The van der Waals surface area contributed by atoms with Crippen molar-refractivity contribution in [3.63, 3.8) is 0 Å². The Balaban J connectivity index is 1.60. The van der Waals surface area contributed by atoms with E-state index in [0.29, 0.717) is 12.2 Å². The van der Waals surface area contributed by atoms with E-state index in [4.69, 9.17) is 9.84 Å². The molecule has 34 heavy (non-hydrogen) atoms. The molecule has 2 aromatic heterocycles. The lowest BCUT2D eigenvalue weighted by Crippen LogP contribution is -2.32. The van der Waals surface area contributed by atoms with E-state index in [1.165, 1.54) is 4.57 Å². The SMILES string of the molecule is Cc1ccc(-n2nc(C)c3c(C)cc(=O)n(CC(=O)NCc4ccc(OC(C)C)cc4)c32)cc1. The van der Waals surface area contributed by atoms with Crippen LogP contribution in [0.2, 0.25) is 0 Å². The molecule has 2 aromatic carbocycles. The van der Waals surface area contributed by atoms with Crippen molar-refractivity contribution < 1.29 is 9.53 Å². The van der Waals surface area contributed by atoms with Gasteiger partial charge >= 0.3 is 0 Å². The van der Waals surface area contributed by atoms with Crippen LogP contribution >= 0.6 is 0 Å². The monoisotopic (exact) mass is 458 g/mol. The van der Waals surface area contributed by atoms with E-state index >= 15 is 0 Å².